The van der Waals surface area contributed by atoms with Crippen LogP contribution in [0.3, 0.4) is 0 Å². The van der Waals surface area contributed by atoms with E-state index in [2.05, 4.69) is 5.32 Å². The molecular formula is C13H14N2O4S. The van der Waals surface area contributed by atoms with Gasteiger partial charge in [0.15, 0.2) is 0 Å². The second-order valence-electron chi connectivity index (χ2n) is 4.39. The molecule has 20 heavy (non-hydrogen) atoms. The van der Waals surface area contributed by atoms with Crippen LogP contribution in [-0.2, 0) is 6.42 Å². The molecular weight excluding hydrogens is 280 g/mol. The molecule has 1 unspecified atom stereocenters. The first-order chi connectivity index (χ1) is 9.56. The van der Waals surface area contributed by atoms with E-state index in [1.165, 1.54) is 12.1 Å². The molecule has 0 aromatic carbocycles. The summed E-state index contributed by atoms with van der Waals surface area (Å²) in [6.45, 7) is 1.89. The molecule has 0 radical (unpaired) electrons. The Balaban J connectivity index is 1.85. The topological polar surface area (TPSA) is 85.4 Å². The van der Waals surface area contributed by atoms with Crippen LogP contribution in [0.25, 0.3) is 0 Å². The number of hydrogen-bond acceptors (Lipinski definition) is 5. The maximum atomic E-state index is 11.9. The number of rotatable bonds is 6. The molecule has 7 heteroatoms. The van der Waals surface area contributed by atoms with Gasteiger partial charge >= 0.3 is 5.00 Å². The largest absolute Gasteiger partial charge is 0.469 e. The average molecular weight is 294 g/mol. The average Bonchev–Trinajstić information content (AvgIpc) is 3.07. The summed E-state index contributed by atoms with van der Waals surface area (Å²) < 4.78 is 5.22. The molecule has 2 aromatic heterocycles. The molecule has 106 valence electrons. The van der Waals surface area contributed by atoms with Gasteiger partial charge < -0.3 is 9.73 Å². The van der Waals surface area contributed by atoms with E-state index >= 15 is 0 Å². The molecule has 0 bridgehead atoms. The Morgan fingerprint density at radius 1 is 1.50 bits per heavy atom. The standard InChI is InChI=1S/C13H14N2O4S/c1-9(4-5-10-3-2-8-19-10)14-13(16)11-6-7-12(20-11)15(17)18/h2-3,6-9H,4-5H2,1H3,(H,14,16). The number of nitrogens with zero attached hydrogens (tertiary/aromatic N) is 1. The van der Waals surface area contributed by atoms with Crippen LogP contribution in [0.4, 0.5) is 5.00 Å². The summed E-state index contributed by atoms with van der Waals surface area (Å²) in [7, 11) is 0. The second-order valence-corrected chi connectivity index (χ2v) is 5.45. The van der Waals surface area contributed by atoms with Crippen LogP contribution in [0.15, 0.2) is 34.9 Å². The van der Waals surface area contributed by atoms with Crippen LogP contribution in [0, 0.1) is 10.1 Å². The van der Waals surface area contributed by atoms with Crippen LogP contribution in [0.2, 0.25) is 0 Å². The van der Waals surface area contributed by atoms with E-state index in [-0.39, 0.29) is 17.0 Å². The maximum absolute atomic E-state index is 11.9. The zero-order valence-electron chi connectivity index (χ0n) is 10.9. The van der Waals surface area contributed by atoms with Gasteiger partial charge in [-0.2, -0.15) is 0 Å². The molecule has 0 fully saturated rings. The summed E-state index contributed by atoms with van der Waals surface area (Å²) in [6.07, 6.45) is 3.09. The number of hydrogen-bond donors (Lipinski definition) is 1. The molecule has 1 amide bonds. The summed E-state index contributed by atoms with van der Waals surface area (Å²) in [5, 5.41) is 13.4. The molecule has 0 aliphatic carbocycles. The van der Waals surface area contributed by atoms with Crippen LogP contribution in [0.1, 0.15) is 28.8 Å². The van der Waals surface area contributed by atoms with Gasteiger partial charge in [0.25, 0.3) is 5.91 Å². The third-order valence-electron chi connectivity index (χ3n) is 2.78. The first kappa shape index (κ1) is 14.3. The number of carbonyl (C=O) groups excluding carboxylic acids is 1. The van der Waals surface area contributed by atoms with E-state index in [9.17, 15) is 14.9 Å². The monoisotopic (exact) mass is 294 g/mol. The van der Waals surface area contributed by atoms with Gasteiger partial charge in [-0.05, 0) is 31.5 Å². The number of furan rings is 1. The summed E-state index contributed by atoms with van der Waals surface area (Å²) in [4.78, 5) is 22.3. The minimum absolute atomic E-state index is 0.0293. The number of carbonyl (C=O) groups is 1. The Bertz CT molecular complexity index is 591. The first-order valence-corrected chi connectivity index (χ1v) is 6.95. The normalized spacial score (nSPS) is 12.1. The lowest BCUT2D eigenvalue weighted by Gasteiger charge is -2.12. The Morgan fingerprint density at radius 3 is 2.90 bits per heavy atom. The van der Waals surface area contributed by atoms with Crippen molar-refractivity contribution in [2.24, 2.45) is 0 Å². The van der Waals surface area contributed by atoms with Crippen molar-refractivity contribution in [1.82, 2.24) is 5.32 Å². The second kappa shape index (κ2) is 6.33. The first-order valence-electron chi connectivity index (χ1n) is 6.13. The number of aryl methyl sites for hydroxylation is 1. The van der Waals surface area contributed by atoms with Crippen molar-refractivity contribution in [3.05, 3.63) is 51.3 Å². The molecule has 2 heterocycles. The van der Waals surface area contributed by atoms with Crippen molar-refractivity contribution in [2.75, 3.05) is 0 Å². The lowest BCUT2D eigenvalue weighted by molar-refractivity contribution is -0.380. The Hall–Kier alpha value is -2.15. The Labute approximate surface area is 119 Å². The third kappa shape index (κ3) is 3.67. The molecule has 0 aliphatic rings. The van der Waals surface area contributed by atoms with E-state index in [1.54, 1.807) is 6.26 Å². The number of amides is 1. The zero-order chi connectivity index (χ0) is 14.5. The molecule has 0 saturated carbocycles. The summed E-state index contributed by atoms with van der Waals surface area (Å²) >= 11 is 0.877. The highest BCUT2D eigenvalue weighted by atomic mass is 32.1. The van der Waals surface area contributed by atoms with Gasteiger partial charge in [0.2, 0.25) is 0 Å². The Kier molecular flexibility index (Phi) is 4.52. The minimum atomic E-state index is -0.498. The van der Waals surface area contributed by atoms with Gasteiger partial charge in [-0.15, -0.1) is 0 Å². The Morgan fingerprint density at radius 2 is 2.30 bits per heavy atom. The molecule has 0 spiro atoms. The fourth-order valence-electron chi connectivity index (χ4n) is 1.73. The van der Waals surface area contributed by atoms with Gasteiger partial charge in [0.05, 0.1) is 16.1 Å². The zero-order valence-corrected chi connectivity index (χ0v) is 11.7. The van der Waals surface area contributed by atoms with Crippen molar-refractivity contribution in [3.8, 4) is 0 Å². The molecule has 2 rings (SSSR count). The van der Waals surface area contributed by atoms with Crippen LogP contribution >= 0.6 is 11.3 Å². The highest BCUT2D eigenvalue weighted by molar-refractivity contribution is 7.17. The van der Waals surface area contributed by atoms with Crippen molar-refractivity contribution < 1.29 is 14.1 Å². The summed E-state index contributed by atoms with van der Waals surface area (Å²) in [6, 6.07) is 6.49. The lowest BCUT2D eigenvalue weighted by Crippen LogP contribution is -2.32. The number of nitro groups is 1. The quantitative estimate of drug-likeness (QED) is 0.655. The fraction of sp³-hybridized carbons (Fsp3) is 0.308. The van der Waals surface area contributed by atoms with E-state index < -0.39 is 4.92 Å². The summed E-state index contributed by atoms with van der Waals surface area (Å²) in [5.74, 6) is 0.591. The van der Waals surface area contributed by atoms with Crippen LogP contribution in [0.5, 0.6) is 0 Å². The van der Waals surface area contributed by atoms with Gasteiger partial charge in [0.1, 0.15) is 5.76 Å². The molecule has 1 N–H and O–H groups in total. The van der Waals surface area contributed by atoms with Crippen molar-refractivity contribution in [2.45, 2.75) is 25.8 Å². The van der Waals surface area contributed by atoms with Gasteiger partial charge in [-0.3, -0.25) is 14.9 Å². The predicted molar refractivity (Wildman–Crippen MR) is 74.9 cm³/mol. The predicted octanol–water partition coefficient (Wildman–Crippen LogP) is 3.00. The molecule has 0 saturated heterocycles. The van der Waals surface area contributed by atoms with E-state index in [0.717, 1.165) is 29.9 Å². The smallest absolute Gasteiger partial charge is 0.324 e. The maximum Gasteiger partial charge on any atom is 0.324 e. The van der Waals surface area contributed by atoms with Crippen LogP contribution < -0.4 is 5.32 Å². The van der Waals surface area contributed by atoms with Gasteiger partial charge in [-0.1, -0.05) is 11.3 Å². The van der Waals surface area contributed by atoms with Crippen molar-refractivity contribution in [1.29, 1.82) is 0 Å². The fourth-order valence-corrected chi connectivity index (χ4v) is 2.45. The molecule has 2 aromatic rings. The highest BCUT2D eigenvalue weighted by Crippen LogP contribution is 2.23. The third-order valence-corrected chi connectivity index (χ3v) is 3.81. The number of nitrogens with one attached hydrogen (secondary N) is 1. The molecule has 1 atom stereocenters. The van der Waals surface area contributed by atoms with E-state index in [1.807, 2.05) is 19.1 Å². The van der Waals surface area contributed by atoms with Crippen molar-refractivity contribution in [3.63, 3.8) is 0 Å². The van der Waals surface area contributed by atoms with Crippen LogP contribution in [-0.4, -0.2) is 16.9 Å². The van der Waals surface area contributed by atoms with Gasteiger partial charge in [-0.25, -0.2) is 0 Å². The molecule has 6 nitrogen and oxygen atoms in total. The van der Waals surface area contributed by atoms with E-state index in [4.69, 9.17) is 4.42 Å². The highest BCUT2D eigenvalue weighted by Gasteiger charge is 2.16. The lowest BCUT2D eigenvalue weighted by atomic mass is 10.1. The summed E-state index contributed by atoms with van der Waals surface area (Å²) in [5.41, 5.74) is 0. The molecule has 0 aliphatic heterocycles. The SMILES string of the molecule is CC(CCc1ccco1)NC(=O)c1ccc([N+](=O)[O-])s1. The minimum Gasteiger partial charge on any atom is -0.469 e. The van der Waals surface area contributed by atoms with E-state index in [0.29, 0.717) is 4.88 Å². The van der Waals surface area contributed by atoms with Crippen molar-refractivity contribution >= 4 is 22.2 Å². The number of thiophene rings is 1. The van der Waals surface area contributed by atoms with Gasteiger partial charge in [0, 0.05) is 18.5 Å².